The lowest BCUT2D eigenvalue weighted by Gasteiger charge is -2.31. The fourth-order valence-corrected chi connectivity index (χ4v) is 3.18. The van der Waals surface area contributed by atoms with Crippen LogP contribution in [-0.2, 0) is 4.79 Å². The fourth-order valence-electron chi connectivity index (χ4n) is 2.91. The molecule has 1 aromatic carbocycles. The van der Waals surface area contributed by atoms with E-state index in [4.69, 9.17) is 21.7 Å². The SMILES string of the molecule is COc1ccc([C@H]2NC(=S)NC(C)=C2C(=O)Nc2ccccn2)c(OC)c1. The minimum Gasteiger partial charge on any atom is -0.497 e. The lowest BCUT2D eigenvalue weighted by molar-refractivity contribution is -0.113. The zero-order valence-corrected chi connectivity index (χ0v) is 16.0. The van der Waals surface area contributed by atoms with Gasteiger partial charge in [0.1, 0.15) is 17.3 Å². The molecule has 0 saturated carbocycles. The Bertz CT molecular complexity index is 899. The van der Waals surface area contributed by atoms with Crippen LogP contribution in [0.15, 0.2) is 53.9 Å². The Morgan fingerprint density at radius 1 is 1.22 bits per heavy atom. The van der Waals surface area contributed by atoms with E-state index in [2.05, 4.69) is 20.9 Å². The van der Waals surface area contributed by atoms with E-state index in [1.54, 1.807) is 44.7 Å². The Labute approximate surface area is 162 Å². The first-order chi connectivity index (χ1) is 13.0. The minimum absolute atomic E-state index is 0.281. The van der Waals surface area contributed by atoms with Crippen molar-refractivity contribution in [1.82, 2.24) is 15.6 Å². The summed E-state index contributed by atoms with van der Waals surface area (Å²) in [5.74, 6) is 1.44. The molecule has 140 valence electrons. The number of aromatic nitrogens is 1. The predicted octanol–water partition coefficient (Wildman–Crippen LogP) is 2.53. The average molecular weight is 384 g/mol. The van der Waals surface area contributed by atoms with Gasteiger partial charge in [0.2, 0.25) is 0 Å². The van der Waals surface area contributed by atoms with Gasteiger partial charge in [0.25, 0.3) is 5.91 Å². The van der Waals surface area contributed by atoms with Crippen molar-refractivity contribution in [3.05, 3.63) is 59.4 Å². The van der Waals surface area contributed by atoms with Crippen molar-refractivity contribution < 1.29 is 14.3 Å². The number of allylic oxidation sites excluding steroid dienone is 1. The first-order valence-corrected chi connectivity index (χ1v) is 8.67. The number of nitrogens with one attached hydrogen (secondary N) is 3. The number of nitrogens with zero attached hydrogens (tertiary/aromatic N) is 1. The molecule has 1 atom stereocenters. The van der Waals surface area contributed by atoms with E-state index < -0.39 is 6.04 Å². The molecular weight excluding hydrogens is 364 g/mol. The maximum absolute atomic E-state index is 13.0. The van der Waals surface area contributed by atoms with Gasteiger partial charge >= 0.3 is 0 Å². The van der Waals surface area contributed by atoms with Gasteiger partial charge in [-0.2, -0.15) is 0 Å². The third-order valence-electron chi connectivity index (χ3n) is 4.17. The summed E-state index contributed by atoms with van der Waals surface area (Å²) in [6.07, 6.45) is 1.62. The molecule has 0 aliphatic carbocycles. The number of methoxy groups -OCH3 is 2. The molecule has 1 amide bonds. The van der Waals surface area contributed by atoms with Gasteiger partial charge in [-0.3, -0.25) is 4.79 Å². The molecule has 1 aliphatic heterocycles. The monoisotopic (exact) mass is 384 g/mol. The van der Waals surface area contributed by atoms with Crippen molar-refractivity contribution in [1.29, 1.82) is 0 Å². The quantitative estimate of drug-likeness (QED) is 0.683. The molecule has 0 radical (unpaired) electrons. The number of pyridine rings is 1. The largest absolute Gasteiger partial charge is 0.497 e. The number of carbonyl (C=O) groups excluding carboxylic acids is 1. The van der Waals surface area contributed by atoms with Gasteiger partial charge in [0.15, 0.2) is 5.11 Å². The van der Waals surface area contributed by atoms with Gasteiger partial charge in [0, 0.05) is 23.5 Å². The van der Waals surface area contributed by atoms with Crippen molar-refractivity contribution in [3.8, 4) is 11.5 Å². The molecule has 0 spiro atoms. The molecule has 0 unspecified atom stereocenters. The van der Waals surface area contributed by atoms with E-state index in [9.17, 15) is 4.79 Å². The third-order valence-corrected chi connectivity index (χ3v) is 4.39. The molecule has 0 saturated heterocycles. The Kier molecular flexibility index (Phi) is 5.56. The molecule has 0 bridgehead atoms. The maximum atomic E-state index is 13.0. The molecule has 3 rings (SSSR count). The molecule has 8 heteroatoms. The van der Waals surface area contributed by atoms with Crippen molar-refractivity contribution in [2.75, 3.05) is 19.5 Å². The summed E-state index contributed by atoms with van der Waals surface area (Å²) in [5, 5.41) is 9.42. The van der Waals surface area contributed by atoms with Crippen LogP contribution in [0.5, 0.6) is 11.5 Å². The number of amides is 1. The number of benzene rings is 1. The summed E-state index contributed by atoms with van der Waals surface area (Å²) in [6, 6.07) is 10.3. The number of anilines is 1. The first kappa shape index (κ1) is 18.7. The van der Waals surface area contributed by atoms with Crippen molar-refractivity contribution >= 4 is 29.1 Å². The maximum Gasteiger partial charge on any atom is 0.256 e. The van der Waals surface area contributed by atoms with Crippen LogP contribution >= 0.6 is 12.2 Å². The molecule has 2 heterocycles. The first-order valence-electron chi connectivity index (χ1n) is 8.26. The Balaban J connectivity index is 2.01. The van der Waals surface area contributed by atoms with E-state index in [1.807, 2.05) is 19.1 Å². The van der Waals surface area contributed by atoms with Crippen LogP contribution < -0.4 is 25.4 Å². The van der Waals surface area contributed by atoms with E-state index in [0.717, 1.165) is 5.56 Å². The van der Waals surface area contributed by atoms with Crippen molar-refractivity contribution in [2.45, 2.75) is 13.0 Å². The molecule has 0 fully saturated rings. The zero-order chi connectivity index (χ0) is 19.4. The van der Waals surface area contributed by atoms with Gasteiger partial charge in [-0.25, -0.2) is 4.98 Å². The van der Waals surface area contributed by atoms with Gasteiger partial charge < -0.3 is 25.4 Å². The summed E-state index contributed by atoms with van der Waals surface area (Å²) >= 11 is 5.29. The second kappa shape index (κ2) is 8.05. The highest BCUT2D eigenvalue weighted by molar-refractivity contribution is 7.80. The number of hydrogen-bond acceptors (Lipinski definition) is 5. The fraction of sp³-hybridized carbons (Fsp3) is 0.211. The predicted molar refractivity (Wildman–Crippen MR) is 107 cm³/mol. The molecule has 3 N–H and O–H groups in total. The Morgan fingerprint density at radius 3 is 2.70 bits per heavy atom. The molecule has 2 aromatic rings. The number of hydrogen-bond donors (Lipinski definition) is 3. The van der Waals surface area contributed by atoms with Gasteiger partial charge in [0.05, 0.1) is 25.8 Å². The molecule has 7 nitrogen and oxygen atoms in total. The third kappa shape index (κ3) is 4.01. The highest BCUT2D eigenvalue weighted by atomic mass is 32.1. The lowest BCUT2D eigenvalue weighted by atomic mass is 9.94. The van der Waals surface area contributed by atoms with Crippen LogP contribution in [0.1, 0.15) is 18.5 Å². The van der Waals surface area contributed by atoms with Crippen LogP contribution in [-0.4, -0.2) is 30.2 Å². The number of carbonyl (C=O) groups is 1. The van der Waals surface area contributed by atoms with E-state index >= 15 is 0 Å². The van der Waals surface area contributed by atoms with Crippen LogP contribution in [0.4, 0.5) is 5.82 Å². The highest BCUT2D eigenvalue weighted by Crippen LogP contribution is 2.35. The summed E-state index contributed by atoms with van der Waals surface area (Å²) in [4.78, 5) is 17.1. The second-order valence-corrected chi connectivity index (χ2v) is 6.26. The van der Waals surface area contributed by atoms with Crippen LogP contribution in [0, 0.1) is 0 Å². The smallest absolute Gasteiger partial charge is 0.256 e. The van der Waals surface area contributed by atoms with E-state index in [0.29, 0.717) is 33.7 Å². The van der Waals surface area contributed by atoms with Crippen LogP contribution in [0.3, 0.4) is 0 Å². The van der Waals surface area contributed by atoms with Gasteiger partial charge in [-0.15, -0.1) is 0 Å². The zero-order valence-electron chi connectivity index (χ0n) is 15.2. The summed E-state index contributed by atoms with van der Waals surface area (Å²) in [7, 11) is 3.16. The summed E-state index contributed by atoms with van der Waals surface area (Å²) in [6.45, 7) is 1.81. The Morgan fingerprint density at radius 2 is 2.04 bits per heavy atom. The molecule has 27 heavy (non-hydrogen) atoms. The standard InChI is InChI=1S/C19H20N4O3S/c1-11-16(18(24)22-15-6-4-5-9-20-15)17(23-19(27)21-11)13-8-7-12(25-2)10-14(13)26-3/h4-10,17H,1-3H3,(H,20,22,24)(H2,21,23,27)/t17-/m1/s1. The highest BCUT2D eigenvalue weighted by Gasteiger charge is 2.32. The van der Waals surface area contributed by atoms with Gasteiger partial charge in [-0.05, 0) is 43.4 Å². The van der Waals surface area contributed by atoms with Crippen LogP contribution in [0.25, 0.3) is 0 Å². The number of rotatable bonds is 5. The summed E-state index contributed by atoms with van der Waals surface area (Å²) < 4.78 is 10.8. The lowest BCUT2D eigenvalue weighted by Crippen LogP contribution is -2.45. The van der Waals surface area contributed by atoms with E-state index in [-0.39, 0.29) is 5.91 Å². The topological polar surface area (TPSA) is 84.5 Å². The molecule has 1 aliphatic rings. The van der Waals surface area contributed by atoms with Gasteiger partial charge in [-0.1, -0.05) is 6.07 Å². The van der Waals surface area contributed by atoms with Crippen molar-refractivity contribution in [3.63, 3.8) is 0 Å². The van der Waals surface area contributed by atoms with Crippen molar-refractivity contribution in [2.24, 2.45) is 0 Å². The Hall–Kier alpha value is -3.13. The number of thiocarbonyl (C=S) groups is 1. The molecule has 1 aromatic heterocycles. The molecular formula is C19H20N4O3S. The minimum atomic E-state index is -0.483. The summed E-state index contributed by atoms with van der Waals surface area (Å²) in [5.41, 5.74) is 1.93. The average Bonchev–Trinajstić information content (AvgIpc) is 2.67. The van der Waals surface area contributed by atoms with Crippen LogP contribution in [0.2, 0.25) is 0 Å². The second-order valence-electron chi connectivity index (χ2n) is 5.85. The number of ether oxygens (including phenoxy) is 2. The van der Waals surface area contributed by atoms with E-state index in [1.165, 1.54) is 0 Å². The normalized spacial score (nSPS) is 16.3.